The average Bonchev–Trinajstić information content (AvgIpc) is 2.81. The third-order valence-electron chi connectivity index (χ3n) is 5.58. The zero-order valence-electron chi connectivity index (χ0n) is 20.1. The fraction of sp³-hybridized carbons (Fsp3) is 0.296. The Kier molecular flexibility index (Phi) is 8.34. The highest BCUT2D eigenvalue weighted by Gasteiger charge is 2.30. The van der Waals surface area contributed by atoms with Gasteiger partial charge < -0.3 is 10.1 Å². The van der Waals surface area contributed by atoms with Gasteiger partial charge in [-0.25, -0.2) is 8.42 Å². The molecule has 0 fully saturated rings. The highest BCUT2D eigenvalue weighted by Crippen LogP contribution is 2.31. The lowest BCUT2D eigenvalue weighted by Gasteiger charge is -2.26. The van der Waals surface area contributed by atoms with Crippen LogP contribution < -0.4 is 14.4 Å². The zero-order valence-corrected chi connectivity index (χ0v) is 20.9. The third-order valence-corrected chi connectivity index (χ3v) is 7.38. The summed E-state index contributed by atoms with van der Waals surface area (Å²) in [5.74, 6) is -0.128. The number of anilines is 1. The molecule has 1 N–H and O–H groups in total. The van der Waals surface area contributed by atoms with E-state index < -0.39 is 10.0 Å². The van der Waals surface area contributed by atoms with Crippen molar-refractivity contribution in [2.45, 2.75) is 44.6 Å². The van der Waals surface area contributed by atoms with E-state index in [0.717, 1.165) is 28.3 Å². The molecule has 7 heteroatoms. The Bertz CT molecular complexity index is 1230. The number of methoxy groups -OCH3 is 1. The molecule has 3 rings (SSSR count). The van der Waals surface area contributed by atoms with Gasteiger partial charge in [0.2, 0.25) is 5.91 Å². The minimum atomic E-state index is -4.07. The van der Waals surface area contributed by atoms with E-state index in [1.54, 1.807) is 36.4 Å². The normalized spacial score (nSPS) is 12.1. The standard InChI is InChI=1S/C27H32N2O4S/c1-20-9-8-12-24(17-20)29(34(31,32)26-18-21(2)13-16-25(26)33-4)19-27(30)28-22(3)14-15-23-10-6-5-7-11-23/h5-13,16-18,22H,14-15,19H2,1-4H3,(H,28,30)/t22-/m0/s1. The molecule has 180 valence electrons. The predicted octanol–water partition coefficient (Wildman–Crippen LogP) is 4.64. The molecule has 0 aliphatic heterocycles. The number of carbonyl (C=O) groups is 1. The number of nitrogens with zero attached hydrogens (tertiary/aromatic N) is 1. The molecule has 3 aromatic rings. The smallest absolute Gasteiger partial charge is 0.268 e. The number of ether oxygens (including phenoxy) is 1. The summed E-state index contributed by atoms with van der Waals surface area (Å²) in [7, 11) is -2.64. The lowest BCUT2D eigenvalue weighted by atomic mass is 10.1. The molecule has 0 aliphatic carbocycles. The topological polar surface area (TPSA) is 75.7 Å². The van der Waals surface area contributed by atoms with Gasteiger partial charge in [0.25, 0.3) is 10.0 Å². The summed E-state index contributed by atoms with van der Waals surface area (Å²) in [5, 5.41) is 2.95. The van der Waals surface area contributed by atoms with Crippen LogP contribution in [0, 0.1) is 13.8 Å². The Labute approximate surface area is 202 Å². The van der Waals surface area contributed by atoms with E-state index in [1.165, 1.54) is 12.7 Å². The van der Waals surface area contributed by atoms with Crippen LogP contribution in [-0.2, 0) is 21.2 Å². The van der Waals surface area contributed by atoms with E-state index >= 15 is 0 Å². The zero-order chi connectivity index (χ0) is 24.7. The van der Waals surface area contributed by atoms with Crippen LogP contribution in [0.1, 0.15) is 30.0 Å². The van der Waals surface area contributed by atoms with Crippen LogP contribution in [0.2, 0.25) is 0 Å². The Balaban J connectivity index is 1.84. The van der Waals surface area contributed by atoms with Crippen molar-refractivity contribution < 1.29 is 17.9 Å². The second-order valence-electron chi connectivity index (χ2n) is 8.50. The maximum absolute atomic E-state index is 13.8. The molecule has 0 aromatic heterocycles. The van der Waals surface area contributed by atoms with Gasteiger partial charge in [-0.1, -0.05) is 48.5 Å². The highest BCUT2D eigenvalue weighted by molar-refractivity contribution is 7.93. The quantitative estimate of drug-likeness (QED) is 0.459. The Hall–Kier alpha value is -3.32. The molecule has 0 spiro atoms. The number of carbonyl (C=O) groups excluding carboxylic acids is 1. The second-order valence-corrected chi connectivity index (χ2v) is 10.3. The minimum Gasteiger partial charge on any atom is -0.495 e. The number of nitrogens with one attached hydrogen (secondary N) is 1. The molecule has 0 radical (unpaired) electrons. The summed E-state index contributed by atoms with van der Waals surface area (Å²) in [4.78, 5) is 13.0. The molecule has 0 heterocycles. The van der Waals surface area contributed by atoms with Crippen molar-refractivity contribution in [3.63, 3.8) is 0 Å². The van der Waals surface area contributed by atoms with Gasteiger partial charge >= 0.3 is 0 Å². The molecular formula is C27H32N2O4S. The molecule has 0 unspecified atom stereocenters. The summed E-state index contributed by atoms with van der Waals surface area (Å²) in [5.41, 5.74) is 3.29. The van der Waals surface area contributed by atoms with Crippen LogP contribution in [-0.4, -0.2) is 34.0 Å². The van der Waals surface area contributed by atoms with Gasteiger partial charge in [-0.2, -0.15) is 0 Å². The maximum atomic E-state index is 13.8. The number of hydrogen-bond acceptors (Lipinski definition) is 4. The van der Waals surface area contributed by atoms with Gasteiger partial charge in [-0.15, -0.1) is 0 Å². The number of benzene rings is 3. The van der Waals surface area contributed by atoms with Crippen LogP contribution in [0.3, 0.4) is 0 Å². The van der Waals surface area contributed by atoms with Crippen LogP contribution in [0.4, 0.5) is 5.69 Å². The van der Waals surface area contributed by atoms with Crippen molar-refractivity contribution in [1.29, 1.82) is 0 Å². The van der Waals surface area contributed by atoms with Gasteiger partial charge in [-0.3, -0.25) is 9.10 Å². The van der Waals surface area contributed by atoms with Gasteiger partial charge in [0, 0.05) is 6.04 Å². The third kappa shape index (κ3) is 6.38. The molecule has 0 aliphatic rings. The van der Waals surface area contributed by atoms with E-state index in [2.05, 4.69) is 17.4 Å². The van der Waals surface area contributed by atoms with Gasteiger partial charge in [0.15, 0.2) is 0 Å². The fourth-order valence-electron chi connectivity index (χ4n) is 3.75. The Morgan fingerprint density at radius 1 is 0.971 bits per heavy atom. The lowest BCUT2D eigenvalue weighted by Crippen LogP contribution is -2.43. The fourth-order valence-corrected chi connectivity index (χ4v) is 5.41. The van der Waals surface area contributed by atoms with Crippen LogP contribution in [0.15, 0.2) is 77.7 Å². The molecular weight excluding hydrogens is 448 g/mol. The number of hydrogen-bond donors (Lipinski definition) is 1. The molecule has 3 aromatic carbocycles. The molecule has 1 atom stereocenters. The molecule has 0 bridgehead atoms. The highest BCUT2D eigenvalue weighted by atomic mass is 32.2. The monoisotopic (exact) mass is 480 g/mol. The van der Waals surface area contributed by atoms with E-state index in [-0.39, 0.29) is 29.1 Å². The van der Waals surface area contributed by atoms with E-state index in [1.807, 2.05) is 45.0 Å². The molecule has 34 heavy (non-hydrogen) atoms. The number of amides is 1. The first-order chi connectivity index (χ1) is 16.2. The average molecular weight is 481 g/mol. The van der Waals surface area contributed by atoms with Crippen molar-refractivity contribution >= 4 is 21.6 Å². The molecule has 0 saturated carbocycles. The summed E-state index contributed by atoms with van der Waals surface area (Å²) in [6.07, 6.45) is 1.57. The van der Waals surface area contributed by atoms with Crippen molar-refractivity contribution in [1.82, 2.24) is 5.32 Å². The minimum absolute atomic E-state index is 0.0291. The largest absolute Gasteiger partial charge is 0.495 e. The maximum Gasteiger partial charge on any atom is 0.268 e. The van der Waals surface area contributed by atoms with Crippen molar-refractivity contribution in [3.8, 4) is 5.75 Å². The van der Waals surface area contributed by atoms with Crippen molar-refractivity contribution in [2.24, 2.45) is 0 Å². The van der Waals surface area contributed by atoms with Gasteiger partial charge in [0.05, 0.1) is 12.8 Å². The Morgan fingerprint density at radius 2 is 1.68 bits per heavy atom. The van der Waals surface area contributed by atoms with E-state index in [0.29, 0.717) is 5.69 Å². The van der Waals surface area contributed by atoms with Crippen LogP contribution >= 0.6 is 0 Å². The van der Waals surface area contributed by atoms with Crippen molar-refractivity contribution in [3.05, 3.63) is 89.5 Å². The van der Waals surface area contributed by atoms with Gasteiger partial charge in [0.1, 0.15) is 17.2 Å². The summed E-state index contributed by atoms with van der Waals surface area (Å²) < 4.78 is 34.0. The number of aryl methyl sites for hydroxylation is 3. The first-order valence-corrected chi connectivity index (χ1v) is 12.7. The molecule has 1 amide bonds. The number of rotatable bonds is 10. The molecule has 0 saturated heterocycles. The van der Waals surface area contributed by atoms with E-state index in [4.69, 9.17) is 4.74 Å². The SMILES string of the molecule is COc1ccc(C)cc1S(=O)(=O)N(CC(=O)N[C@@H](C)CCc1ccccc1)c1cccc(C)c1. The number of sulfonamides is 1. The first-order valence-electron chi connectivity index (χ1n) is 11.3. The first kappa shape index (κ1) is 25.3. The van der Waals surface area contributed by atoms with Crippen molar-refractivity contribution in [2.75, 3.05) is 18.0 Å². The van der Waals surface area contributed by atoms with Crippen LogP contribution in [0.25, 0.3) is 0 Å². The molecule has 6 nitrogen and oxygen atoms in total. The summed E-state index contributed by atoms with van der Waals surface area (Å²) in [6, 6.07) is 22.0. The van der Waals surface area contributed by atoms with E-state index in [9.17, 15) is 13.2 Å². The van der Waals surface area contributed by atoms with Gasteiger partial charge in [-0.05, 0) is 74.6 Å². The lowest BCUT2D eigenvalue weighted by molar-refractivity contribution is -0.120. The second kappa shape index (κ2) is 11.2. The summed E-state index contributed by atoms with van der Waals surface area (Å²) >= 11 is 0. The van der Waals surface area contributed by atoms with Crippen LogP contribution in [0.5, 0.6) is 5.75 Å². The Morgan fingerprint density at radius 3 is 2.35 bits per heavy atom. The predicted molar refractivity (Wildman–Crippen MR) is 136 cm³/mol. The summed E-state index contributed by atoms with van der Waals surface area (Å²) in [6.45, 7) is 5.29.